The standard InChI is InChI=1S/C5H12O.Mg.2H/c1-3-5(6)4-2;;;/h5-6H,3-4H2,1-2H3;;;/q;+2;2*-1. The van der Waals surface area contributed by atoms with Crippen molar-refractivity contribution in [2.75, 3.05) is 0 Å². The summed E-state index contributed by atoms with van der Waals surface area (Å²) in [4.78, 5) is 0. The van der Waals surface area contributed by atoms with Crippen LogP contribution in [-0.2, 0) is 0 Å². The fraction of sp³-hybridized carbons (Fsp3) is 1.00. The Morgan fingerprint density at radius 3 is 1.71 bits per heavy atom. The van der Waals surface area contributed by atoms with Crippen LogP contribution in [0.3, 0.4) is 0 Å². The van der Waals surface area contributed by atoms with Gasteiger partial charge in [-0.2, -0.15) is 0 Å². The summed E-state index contributed by atoms with van der Waals surface area (Å²) in [6.07, 6.45) is 1.71. The van der Waals surface area contributed by atoms with E-state index >= 15 is 0 Å². The first-order valence-corrected chi connectivity index (χ1v) is 2.49. The van der Waals surface area contributed by atoms with E-state index in [1.807, 2.05) is 13.8 Å². The van der Waals surface area contributed by atoms with Crippen LogP contribution in [0.15, 0.2) is 0 Å². The van der Waals surface area contributed by atoms with Crippen molar-refractivity contribution in [3.63, 3.8) is 0 Å². The van der Waals surface area contributed by atoms with Crippen molar-refractivity contribution in [2.45, 2.75) is 32.8 Å². The van der Waals surface area contributed by atoms with Gasteiger partial charge in [0.05, 0.1) is 6.10 Å². The molecule has 0 saturated heterocycles. The average Bonchev–Trinajstić information content (AvgIpc) is 1.65. The molecule has 0 aromatic rings. The van der Waals surface area contributed by atoms with E-state index in [4.69, 9.17) is 5.11 Å². The van der Waals surface area contributed by atoms with E-state index in [1.165, 1.54) is 0 Å². The Balaban J connectivity index is -0.0000000417. The van der Waals surface area contributed by atoms with Crippen LogP contribution in [0.2, 0.25) is 0 Å². The molecule has 1 N–H and O–H groups in total. The molecule has 0 aromatic heterocycles. The van der Waals surface area contributed by atoms with E-state index in [0.29, 0.717) is 0 Å². The van der Waals surface area contributed by atoms with Crippen LogP contribution in [0.5, 0.6) is 0 Å². The van der Waals surface area contributed by atoms with Gasteiger partial charge in [-0.3, -0.25) is 0 Å². The van der Waals surface area contributed by atoms with Crippen LogP contribution in [-0.4, -0.2) is 34.3 Å². The predicted octanol–water partition coefficient (Wildman–Crippen LogP) is 1.01. The first-order chi connectivity index (χ1) is 2.81. The van der Waals surface area contributed by atoms with Gasteiger partial charge in [0.2, 0.25) is 0 Å². The van der Waals surface area contributed by atoms with Crippen molar-refractivity contribution in [3.8, 4) is 0 Å². The van der Waals surface area contributed by atoms with E-state index < -0.39 is 0 Å². The molecule has 0 amide bonds. The summed E-state index contributed by atoms with van der Waals surface area (Å²) in [6, 6.07) is 0. The van der Waals surface area contributed by atoms with Crippen molar-refractivity contribution < 1.29 is 7.96 Å². The van der Waals surface area contributed by atoms with Gasteiger partial charge in [0.1, 0.15) is 0 Å². The van der Waals surface area contributed by atoms with Crippen LogP contribution in [0, 0.1) is 0 Å². The third kappa shape index (κ3) is 6.73. The number of aliphatic hydroxyl groups is 1. The number of rotatable bonds is 2. The molecule has 0 spiro atoms. The van der Waals surface area contributed by atoms with Gasteiger partial charge < -0.3 is 7.96 Å². The molecule has 0 radical (unpaired) electrons. The average molecular weight is 114 g/mol. The zero-order valence-electron chi connectivity index (χ0n) is 7.15. The zero-order valence-corrected chi connectivity index (χ0v) is 6.56. The molecular formula is C5H14MgO. The second kappa shape index (κ2) is 6.73. The van der Waals surface area contributed by atoms with Crippen LogP contribution in [0.1, 0.15) is 29.5 Å². The molecule has 0 aliphatic heterocycles. The Morgan fingerprint density at radius 1 is 1.43 bits per heavy atom. The molecule has 2 heteroatoms. The first kappa shape index (κ1) is 10.7. The van der Waals surface area contributed by atoms with Gasteiger partial charge in [-0.05, 0) is 12.8 Å². The van der Waals surface area contributed by atoms with Crippen LogP contribution < -0.4 is 0 Å². The minimum atomic E-state index is -0.0648. The Labute approximate surface area is 64.2 Å². The van der Waals surface area contributed by atoms with Gasteiger partial charge in [-0.1, -0.05) is 13.8 Å². The summed E-state index contributed by atoms with van der Waals surface area (Å²) in [6.45, 7) is 3.96. The second-order valence-corrected chi connectivity index (χ2v) is 1.47. The molecule has 0 aromatic carbocycles. The molecule has 0 heterocycles. The predicted molar refractivity (Wildman–Crippen MR) is 34.6 cm³/mol. The smallest absolute Gasteiger partial charge is 1.00 e. The van der Waals surface area contributed by atoms with E-state index in [9.17, 15) is 0 Å². The largest absolute Gasteiger partial charge is 2.00 e. The number of hydrogen-bond donors (Lipinski definition) is 1. The van der Waals surface area contributed by atoms with Crippen LogP contribution in [0.25, 0.3) is 0 Å². The molecule has 0 rings (SSSR count). The van der Waals surface area contributed by atoms with Gasteiger partial charge in [0.25, 0.3) is 0 Å². The van der Waals surface area contributed by atoms with Crippen molar-refractivity contribution in [2.24, 2.45) is 0 Å². The molecule has 0 saturated carbocycles. The van der Waals surface area contributed by atoms with E-state index in [2.05, 4.69) is 0 Å². The van der Waals surface area contributed by atoms with Gasteiger partial charge in [0, 0.05) is 0 Å². The Kier molecular flexibility index (Phi) is 10.2. The van der Waals surface area contributed by atoms with Gasteiger partial charge in [0.15, 0.2) is 0 Å². The van der Waals surface area contributed by atoms with E-state index in [1.54, 1.807) is 0 Å². The minimum Gasteiger partial charge on any atom is -1.00 e. The molecule has 0 unspecified atom stereocenters. The fourth-order valence-corrected chi connectivity index (χ4v) is 0.289. The molecule has 1 nitrogen and oxygen atoms in total. The van der Waals surface area contributed by atoms with Crippen molar-refractivity contribution in [3.05, 3.63) is 0 Å². The van der Waals surface area contributed by atoms with Crippen LogP contribution >= 0.6 is 0 Å². The molecule has 42 valence electrons. The number of aliphatic hydroxyl groups excluding tert-OH is 1. The van der Waals surface area contributed by atoms with Gasteiger partial charge >= 0.3 is 23.1 Å². The maximum Gasteiger partial charge on any atom is 2.00 e. The SMILES string of the molecule is CCC(O)CC.[H-].[H-].[Mg+2]. The summed E-state index contributed by atoms with van der Waals surface area (Å²) < 4.78 is 0. The Hall–Kier alpha value is 0.726. The quantitative estimate of drug-likeness (QED) is 0.531. The molecule has 0 atom stereocenters. The van der Waals surface area contributed by atoms with Gasteiger partial charge in [-0.15, -0.1) is 0 Å². The fourth-order valence-electron chi connectivity index (χ4n) is 0.289. The maximum atomic E-state index is 8.67. The monoisotopic (exact) mass is 114 g/mol. The topological polar surface area (TPSA) is 20.2 Å². The Morgan fingerprint density at radius 2 is 1.71 bits per heavy atom. The van der Waals surface area contributed by atoms with Crippen LogP contribution in [0.4, 0.5) is 0 Å². The number of hydrogen-bond acceptors (Lipinski definition) is 1. The minimum absolute atomic E-state index is 0. The van der Waals surface area contributed by atoms with Gasteiger partial charge in [-0.25, -0.2) is 0 Å². The van der Waals surface area contributed by atoms with Crippen molar-refractivity contribution in [1.82, 2.24) is 0 Å². The first-order valence-electron chi connectivity index (χ1n) is 2.49. The summed E-state index contributed by atoms with van der Waals surface area (Å²) in [5.74, 6) is 0. The molecule has 0 bridgehead atoms. The molecule has 7 heavy (non-hydrogen) atoms. The summed E-state index contributed by atoms with van der Waals surface area (Å²) in [7, 11) is 0. The molecule has 0 fully saturated rings. The summed E-state index contributed by atoms with van der Waals surface area (Å²) >= 11 is 0. The normalized spacial score (nSPS) is 8.57. The zero-order chi connectivity index (χ0) is 4.99. The summed E-state index contributed by atoms with van der Waals surface area (Å²) in [5.41, 5.74) is 0. The third-order valence-electron chi connectivity index (χ3n) is 0.942. The molecular weight excluding hydrogens is 100 g/mol. The Bertz CT molecular complexity index is 34.1. The summed E-state index contributed by atoms with van der Waals surface area (Å²) in [5, 5.41) is 8.67. The van der Waals surface area contributed by atoms with E-state index in [-0.39, 0.29) is 32.0 Å². The molecule has 0 aliphatic rings. The maximum absolute atomic E-state index is 8.67. The van der Waals surface area contributed by atoms with E-state index in [0.717, 1.165) is 12.8 Å². The van der Waals surface area contributed by atoms with Crippen molar-refractivity contribution >= 4 is 23.1 Å². The molecule has 0 aliphatic carbocycles. The third-order valence-corrected chi connectivity index (χ3v) is 0.942. The van der Waals surface area contributed by atoms with Crippen molar-refractivity contribution in [1.29, 1.82) is 0 Å². The second-order valence-electron chi connectivity index (χ2n) is 1.47.